The third kappa shape index (κ3) is 2.95. The molecular formula is C13H12N4OS. The van der Waals surface area contributed by atoms with Crippen LogP contribution in [-0.4, -0.2) is 15.5 Å². The number of hydrogen-bond donors (Lipinski definition) is 1. The Kier molecular flexibility index (Phi) is 3.88. The van der Waals surface area contributed by atoms with Crippen molar-refractivity contribution in [3.8, 4) is 6.07 Å². The highest BCUT2D eigenvalue weighted by molar-refractivity contribution is 7.08. The maximum absolute atomic E-state index is 12.1. The lowest BCUT2D eigenvalue weighted by molar-refractivity contribution is 0.102. The van der Waals surface area contributed by atoms with E-state index in [-0.39, 0.29) is 11.8 Å². The molecule has 0 aliphatic rings. The van der Waals surface area contributed by atoms with E-state index in [0.717, 1.165) is 11.5 Å². The zero-order valence-electron chi connectivity index (χ0n) is 10.5. The normalized spacial score (nSPS) is 10.2. The van der Waals surface area contributed by atoms with Crippen LogP contribution in [0, 0.1) is 11.3 Å². The molecule has 1 heterocycles. The van der Waals surface area contributed by atoms with Crippen LogP contribution in [0.1, 0.15) is 40.7 Å². The maximum Gasteiger partial charge on any atom is 0.269 e. The number of carbonyl (C=O) groups excluding carboxylic acids is 1. The van der Waals surface area contributed by atoms with E-state index in [1.807, 2.05) is 19.9 Å². The average molecular weight is 272 g/mol. The summed E-state index contributed by atoms with van der Waals surface area (Å²) in [5.41, 5.74) is 1.79. The first-order chi connectivity index (χ1) is 9.11. The molecule has 0 saturated carbocycles. The minimum atomic E-state index is -0.242. The summed E-state index contributed by atoms with van der Waals surface area (Å²) in [5.74, 6) is -0.0984. The third-order valence-electron chi connectivity index (χ3n) is 2.52. The second-order valence-electron chi connectivity index (χ2n) is 4.29. The van der Waals surface area contributed by atoms with Crippen LogP contribution in [0.2, 0.25) is 0 Å². The van der Waals surface area contributed by atoms with E-state index < -0.39 is 0 Å². The summed E-state index contributed by atoms with van der Waals surface area (Å²) in [5, 5.41) is 15.5. The van der Waals surface area contributed by atoms with Gasteiger partial charge in [0.25, 0.3) is 5.91 Å². The first-order valence-corrected chi connectivity index (χ1v) is 6.53. The van der Waals surface area contributed by atoms with E-state index in [0.29, 0.717) is 21.8 Å². The Morgan fingerprint density at radius 1 is 1.47 bits per heavy atom. The fraction of sp³-hybridized carbons (Fsp3) is 0.231. The topological polar surface area (TPSA) is 78.7 Å². The number of nitrogens with one attached hydrogen (secondary N) is 1. The summed E-state index contributed by atoms with van der Waals surface area (Å²) in [6.45, 7) is 3.92. The highest BCUT2D eigenvalue weighted by Gasteiger charge is 2.18. The molecule has 1 aromatic carbocycles. The molecule has 0 aliphatic carbocycles. The molecule has 0 fully saturated rings. The summed E-state index contributed by atoms with van der Waals surface area (Å²) in [7, 11) is 0. The molecule has 0 aliphatic heterocycles. The molecule has 0 spiro atoms. The number of anilines is 1. The molecule has 96 valence electrons. The van der Waals surface area contributed by atoms with Gasteiger partial charge in [0.05, 0.1) is 17.3 Å². The predicted octanol–water partition coefficient (Wildman–Crippen LogP) is 2.79. The smallest absolute Gasteiger partial charge is 0.269 e. The van der Waals surface area contributed by atoms with Crippen molar-refractivity contribution < 1.29 is 4.79 Å². The van der Waals surface area contributed by atoms with E-state index >= 15 is 0 Å². The Bertz CT molecular complexity index is 642. The number of hydrogen-bond acceptors (Lipinski definition) is 5. The number of benzene rings is 1. The minimum absolute atomic E-state index is 0.143. The molecule has 6 heteroatoms. The number of nitrogens with zero attached hydrogens (tertiary/aromatic N) is 3. The van der Waals surface area contributed by atoms with E-state index in [9.17, 15) is 4.79 Å². The predicted molar refractivity (Wildman–Crippen MR) is 73.1 cm³/mol. The fourth-order valence-electron chi connectivity index (χ4n) is 1.59. The van der Waals surface area contributed by atoms with Crippen molar-refractivity contribution in [1.29, 1.82) is 5.26 Å². The van der Waals surface area contributed by atoms with Gasteiger partial charge in [-0.2, -0.15) is 5.26 Å². The van der Waals surface area contributed by atoms with Gasteiger partial charge in [0.1, 0.15) is 4.88 Å². The number of amides is 1. The van der Waals surface area contributed by atoms with Crippen LogP contribution < -0.4 is 5.32 Å². The van der Waals surface area contributed by atoms with Crippen molar-refractivity contribution in [3.05, 3.63) is 40.4 Å². The molecule has 0 radical (unpaired) electrons. The van der Waals surface area contributed by atoms with Crippen molar-refractivity contribution in [1.82, 2.24) is 9.59 Å². The zero-order chi connectivity index (χ0) is 13.8. The summed E-state index contributed by atoms with van der Waals surface area (Å²) in [6.07, 6.45) is 0. The molecule has 1 amide bonds. The van der Waals surface area contributed by atoms with Gasteiger partial charge in [0, 0.05) is 5.69 Å². The first-order valence-electron chi connectivity index (χ1n) is 5.75. The van der Waals surface area contributed by atoms with Gasteiger partial charge in [0.15, 0.2) is 0 Å². The van der Waals surface area contributed by atoms with Gasteiger partial charge in [-0.15, -0.1) is 5.10 Å². The zero-order valence-corrected chi connectivity index (χ0v) is 11.4. The van der Waals surface area contributed by atoms with Gasteiger partial charge in [-0.3, -0.25) is 4.79 Å². The molecule has 5 nitrogen and oxygen atoms in total. The number of carbonyl (C=O) groups is 1. The Morgan fingerprint density at radius 3 is 2.95 bits per heavy atom. The lowest BCUT2D eigenvalue weighted by Crippen LogP contribution is -2.13. The maximum atomic E-state index is 12.1. The Morgan fingerprint density at radius 2 is 2.26 bits per heavy atom. The van der Waals surface area contributed by atoms with E-state index in [1.54, 1.807) is 24.3 Å². The quantitative estimate of drug-likeness (QED) is 0.931. The molecule has 2 rings (SSSR count). The summed E-state index contributed by atoms with van der Waals surface area (Å²) >= 11 is 1.08. The van der Waals surface area contributed by atoms with Crippen molar-refractivity contribution >= 4 is 23.1 Å². The van der Waals surface area contributed by atoms with E-state index in [2.05, 4.69) is 14.9 Å². The molecule has 0 unspecified atom stereocenters. The summed E-state index contributed by atoms with van der Waals surface area (Å²) in [6, 6.07) is 8.80. The Balaban J connectivity index is 2.21. The molecule has 0 atom stereocenters. The van der Waals surface area contributed by atoms with Crippen molar-refractivity contribution in [3.63, 3.8) is 0 Å². The molecule has 19 heavy (non-hydrogen) atoms. The van der Waals surface area contributed by atoms with Crippen molar-refractivity contribution in [2.24, 2.45) is 0 Å². The molecular weight excluding hydrogens is 260 g/mol. The lowest BCUT2D eigenvalue weighted by Gasteiger charge is -2.06. The number of rotatable bonds is 3. The highest BCUT2D eigenvalue weighted by atomic mass is 32.1. The third-order valence-corrected chi connectivity index (χ3v) is 3.26. The summed E-state index contributed by atoms with van der Waals surface area (Å²) in [4.78, 5) is 12.6. The largest absolute Gasteiger partial charge is 0.321 e. The standard InChI is InChI=1S/C13H12N4OS/c1-8(2)11-12(19-17-16-11)13(18)15-10-5-3-4-9(6-10)7-14/h3-6,8H,1-2H3,(H,15,18). The SMILES string of the molecule is CC(C)c1nnsc1C(=O)Nc1cccc(C#N)c1. The van der Waals surface area contributed by atoms with Gasteiger partial charge in [-0.1, -0.05) is 24.4 Å². The Labute approximate surface area is 115 Å². The van der Waals surface area contributed by atoms with Gasteiger partial charge in [-0.25, -0.2) is 0 Å². The minimum Gasteiger partial charge on any atom is -0.321 e. The van der Waals surface area contributed by atoms with Crippen LogP contribution in [0.4, 0.5) is 5.69 Å². The lowest BCUT2D eigenvalue weighted by atomic mass is 10.1. The first kappa shape index (κ1) is 13.2. The van der Waals surface area contributed by atoms with Crippen LogP contribution in [0.3, 0.4) is 0 Å². The molecule has 0 saturated heterocycles. The second kappa shape index (κ2) is 5.59. The average Bonchev–Trinajstić information content (AvgIpc) is 2.88. The van der Waals surface area contributed by atoms with Crippen LogP contribution in [0.25, 0.3) is 0 Å². The molecule has 1 N–H and O–H groups in total. The van der Waals surface area contributed by atoms with E-state index in [4.69, 9.17) is 5.26 Å². The monoisotopic (exact) mass is 272 g/mol. The van der Waals surface area contributed by atoms with Crippen LogP contribution >= 0.6 is 11.5 Å². The molecule has 2 aromatic rings. The van der Waals surface area contributed by atoms with Gasteiger partial charge < -0.3 is 5.32 Å². The van der Waals surface area contributed by atoms with Gasteiger partial charge in [0.2, 0.25) is 0 Å². The second-order valence-corrected chi connectivity index (χ2v) is 5.04. The van der Waals surface area contributed by atoms with Crippen LogP contribution in [0.5, 0.6) is 0 Å². The van der Waals surface area contributed by atoms with Gasteiger partial charge >= 0.3 is 0 Å². The van der Waals surface area contributed by atoms with Crippen molar-refractivity contribution in [2.45, 2.75) is 19.8 Å². The summed E-state index contributed by atoms with van der Waals surface area (Å²) < 4.78 is 3.82. The fourth-order valence-corrected chi connectivity index (χ4v) is 2.30. The molecule has 1 aromatic heterocycles. The van der Waals surface area contributed by atoms with Crippen LogP contribution in [-0.2, 0) is 0 Å². The Hall–Kier alpha value is -2.26. The van der Waals surface area contributed by atoms with Crippen molar-refractivity contribution in [2.75, 3.05) is 5.32 Å². The molecule has 0 bridgehead atoms. The van der Waals surface area contributed by atoms with Crippen LogP contribution in [0.15, 0.2) is 24.3 Å². The van der Waals surface area contributed by atoms with E-state index in [1.165, 1.54) is 0 Å². The highest BCUT2D eigenvalue weighted by Crippen LogP contribution is 2.21. The number of aromatic nitrogens is 2. The number of nitriles is 1. The van der Waals surface area contributed by atoms with Gasteiger partial charge in [-0.05, 0) is 35.6 Å².